The molecule has 35 heavy (non-hydrogen) atoms. The molecule has 0 unspecified atom stereocenters. The summed E-state index contributed by atoms with van der Waals surface area (Å²) >= 11 is 0. The summed E-state index contributed by atoms with van der Waals surface area (Å²) in [4.78, 5) is 13.0. The summed E-state index contributed by atoms with van der Waals surface area (Å²) < 4.78 is 5.66. The van der Waals surface area contributed by atoms with Gasteiger partial charge >= 0.3 is 0 Å². The summed E-state index contributed by atoms with van der Waals surface area (Å²) in [6, 6.07) is 5.68. The number of ether oxygens (including phenoxy) is 1. The number of anilines is 5. The molecule has 0 aliphatic heterocycles. The van der Waals surface area contributed by atoms with Crippen LogP contribution in [0.25, 0.3) is 0 Å². The van der Waals surface area contributed by atoms with Crippen molar-refractivity contribution in [3.63, 3.8) is 0 Å². The van der Waals surface area contributed by atoms with E-state index in [9.17, 15) is 0 Å². The summed E-state index contributed by atoms with van der Waals surface area (Å²) in [5.74, 6) is 1.99. The predicted molar refractivity (Wildman–Crippen MR) is 148 cm³/mol. The van der Waals surface area contributed by atoms with Gasteiger partial charge in [-0.3, -0.25) is 0 Å². The SMILES string of the molecule is C=C(/C=C\C)C1=C(Nc2cc(Nc3cc(N)c(N(C)CCN(C)C)cc3OC)ncn2)C=CCC1. The van der Waals surface area contributed by atoms with Crippen LogP contribution in [0.2, 0.25) is 0 Å². The first-order chi connectivity index (χ1) is 16.8. The van der Waals surface area contributed by atoms with E-state index < -0.39 is 0 Å². The molecule has 0 spiro atoms. The maximum atomic E-state index is 6.40. The minimum absolute atomic E-state index is 0.628. The fourth-order valence-corrected chi connectivity index (χ4v) is 3.84. The second kappa shape index (κ2) is 12.1. The van der Waals surface area contributed by atoms with Crippen LogP contribution in [0, 0.1) is 0 Å². The molecule has 8 nitrogen and oxygen atoms in total. The van der Waals surface area contributed by atoms with Gasteiger partial charge in [0, 0.05) is 38.0 Å². The van der Waals surface area contributed by atoms with Crippen LogP contribution in [0.15, 0.2) is 72.3 Å². The maximum Gasteiger partial charge on any atom is 0.144 e. The number of allylic oxidation sites excluding steroid dienone is 6. The zero-order chi connectivity index (χ0) is 25.4. The highest BCUT2D eigenvalue weighted by atomic mass is 16.5. The molecule has 0 saturated carbocycles. The molecule has 3 rings (SSSR count). The molecule has 0 bridgehead atoms. The molecule has 2 aromatic rings. The van der Waals surface area contributed by atoms with Gasteiger partial charge in [0.15, 0.2) is 0 Å². The Bertz CT molecular complexity index is 1130. The van der Waals surface area contributed by atoms with Crippen LogP contribution in [0.4, 0.5) is 28.7 Å². The Labute approximate surface area is 208 Å². The molecule has 1 aromatic heterocycles. The van der Waals surface area contributed by atoms with Gasteiger partial charge in [-0.05, 0) is 57.1 Å². The predicted octanol–water partition coefficient (Wildman–Crippen LogP) is 4.96. The lowest BCUT2D eigenvalue weighted by molar-refractivity contribution is 0.413. The van der Waals surface area contributed by atoms with Crippen molar-refractivity contribution in [1.82, 2.24) is 14.9 Å². The lowest BCUT2D eigenvalue weighted by Crippen LogP contribution is -2.29. The first-order valence-corrected chi connectivity index (χ1v) is 11.7. The van der Waals surface area contributed by atoms with Gasteiger partial charge in [0.1, 0.15) is 23.7 Å². The monoisotopic (exact) mass is 475 g/mol. The van der Waals surface area contributed by atoms with Crippen molar-refractivity contribution in [3.05, 3.63) is 72.3 Å². The molecule has 186 valence electrons. The fourth-order valence-electron chi connectivity index (χ4n) is 3.84. The molecule has 0 atom stereocenters. The number of rotatable bonds is 11. The summed E-state index contributed by atoms with van der Waals surface area (Å²) in [7, 11) is 7.78. The van der Waals surface area contributed by atoms with Crippen molar-refractivity contribution in [2.45, 2.75) is 19.8 Å². The largest absolute Gasteiger partial charge is 0.494 e. The number of nitrogens with one attached hydrogen (secondary N) is 2. The van der Waals surface area contributed by atoms with E-state index in [1.54, 1.807) is 7.11 Å². The number of nitrogens with zero attached hydrogens (tertiary/aromatic N) is 4. The van der Waals surface area contributed by atoms with Gasteiger partial charge in [-0.1, -0.05) is 24.8 Å². The number of likely N-dealkylation sites (N-methyl/N-ethyl adjacent to an activating group) is 2. The highest BCUT2D eigenvalue weighted by Crippen LogP contribution is 2.36. The van der Waals surface area contributed by atoms with Gasteiger partial charge in [0.25, 0.3) is 0 Å². The minimum atomic E-state index is 0.628. The van der Waals surface area contributed by atoms with Crippen molar-refractivity contribution in [2.75, 3.05) is 62.6 Å². The molecule has 0 radical (unpaired) electrons. The lowest BCUT2D eigenvalue weighted by Gasteiger charge is -2.24. The van der Waals surface area contributed by atoms with E-state index in [1.807, 2.05) is 44.3 Å². The van der Waals surface area contributed by atoms with Crippen LogP contribution in [0.1, 0.15) is 19.8 Å². The van der Waals surface area contributed by atoms with Crippen LogP contribution >= 0.6 is 0 Å². The van der Waals surface area contributed by atoms with Crippen molar-refractivity contribution >= 4 is 28.7 Å². The molecule has 8 heteroatoms. The third-order valence-electron chi connectivity index (χ3n) is 5.76. The smallest absolute Gasteiger partial charge is 0.144 e. The van der Waals surface area contributed by atoms with E-state index in [4.69, 9.17) is 10.5 Å². The number of nitrogen functional groups attached to an aromatic ring is 1. The van der Waals surface area contributed by atoms with Gasteiger partial charge in [0.2, 0.25) is 0 Å². The van der Waals surface area contributed by atoms with Crippen LogP contribution in [0.3, 0.4) is 0 Å². The van der Waals surface area contributed by atoms with Crippen molar-refractivity contribution in [2.24, 2.45) is 0 Å². The van der Waals surface area contributed by atoms with Gasteiger partial charge in [-0.25, -0.2) is 9.97 Å². The van der Waals surface area contributed by atoms with Gasteiger partial charge in [-0.2, -0.15) is 0 Å². The Kier molecular flexibility index (Phi) is 8.92. The summed E-state index contributed by atoms with van der Waals surface area (Å²) in [6.07, 6.45) is 11.7. The van der Waals surface area contributed by atoms with Crippen molar-refractivity contribution < 1.29 is 4.74 Å². The topological polar surface area (TPSA) is 91.6 Å². The molecular weight excluding hydrogens is 438 g/mol. The molecule has 1 aromatic carbocycles. The first kappa shape index (κ1) is 25.8. The van der Waals surface area contributed by atoms with E-state index in [2.05, 4.69) is 63.2 Å². The van der Waals surface area contributed by atoms with Crippen LogP contribution in [-0.4, -0.2) is 56.2 Å². The molecule has 1 heterocycles. The average molecular weight is 476 g/mol. The van der Waals surface area contributed by atoms with Gasteiger partial charge in [0.05, 0.1) is 24.2 Å². The lowest BCUT2D eigenvalue weighted by atomic mass is 9.95. The summed E-state index contributed by atoms with van der Waals surface area (Å²) in [5.41, 5.74) is 11.9. The second-order valence-corrected chi connectivity index (χ2v) is 8.73. The Morgan fingerprint density at radius 3 is 2.57 bits per heavy atom. The summed E-state index contributed by atoms with van der Waals surface area (Å²) in [6.45, 7) is 7.97. The fraction of sp³-hybridized carbons (Fsp3) is 0.333. The number of nitrogens with two attached hydrogens (primary N) is 1. The maximum absolute atomic E-state index is 6.40. The Hall–Kier alpha value is -3.78. The second-order valence-electron chi connectivity index (χ2n) is 8.73. The van der Waals surface area contributed by atoms with E-state index in [0.717, 1.165) is 48.6 Å². The third-order valence-corrected chi connectivity index (χ3v) is 5.76. The van der Waals surface area contributed by atoms with Crippen molar-refractivity contribution in [3.8, 4) is 5.75 Å². The standard InChI is InChI=1S/C27H37N7O/c1-7-10-19(2)20-11-8-9-12-22(20)31-26-17-27(30-18-29-26)32-23-15-21(28)24(16-25(23)35-6)34(5)14-13-33(3)4/h7,9-10,12,15-18H,2,8,11,13-14,28H2,1,3-6H3,(H2,29,30,31,32)/b10-7-. The van der Waals surface area contributed by atoms with E-state index in [-0.39, 0.29) is 0 Å². The van der Waals surface area contributed by atoms with Crippen LogP contribution in [0.5, 0.6) is 5.75 Å². The molecule has 1 aliphatic rings. The Balaban J connectivity index is 1.82. The number of aromatic nitrogens is 2. The zero-order valence-corrected chi connectivity index (χ0v) is 21.4. The van der Waals surface area contributed by atoms with Gasteiger partial charge in [-0.15, -0.1) is 0 Å². The zero-order valence-electron chi connectivity index (χ0n) is 21.4. The average Bonchev–Trinajstić information content (AvgIpc) is 2.83. The normalized spacial score (nSPS) is 13.4. The first-order valence-electron chi connectivity index (χ1n) is 11.7. The van der Waals surface area contributed by atoms with Crippen molar-refractivity contribution in [1.29, 1.82) is 0 Å². The van der Waals surface area contributed by atoms with Crippen LogP contribution < -0.4 is 26.0 Å². The minimum Gasteiger partial charge on any atom is -0.494 e. The van der Waals surface area contributed by atoms with E-state index >= 15 is 0 Å². The summed E-state index contributed by atoms with van der Waals surface area (Å²) in [5, 5.41) is 6.75. The Morgan fingerprint density at radius 1 is 1.14 bits per heavy atom. The number of benzene rings is 1. The molecule has 0 saturated heterocycles. The number of hydrogen-bond acceptors (Lipinski definition) is 8. The molecule has 4 N–H and O–H groups in total. The van der Waals surface area contributed by atoms with Gasteiger partial charge < -0.3 is 30.9 Å². The highest BCUT2D eigenvalue weighted by Gasteiger charge is 2.14. The molecule has 0 amide bonds. The number of hydrogen-bond donors (Lipinski definition) is 3. The quantitative estimate of drug-likeness (QED) is 0.310. The number of methoxy groups -OCH3 is 1. The highest BCUT2D eigenvalue weighted by molar-refractivity contribution is 5.79. The Morgan fingerprint density at radius 2 is 1.89 bits per heavy atom. The molecule has 1 aliphatic carbocycles. The van der Waals surface area contributed by atoms with E-state index in [0.29, 0.717) is 23.1 Å². The third kappa shape index (κ3) is 6.86. The molecular formula is C27H37N7O. The molecule has 0 fully saturated rings. The van der Waals surface area contributed by atoms with E-state index in [1.165, 1.54) is 11.9 Å². The van der Waals surface area contributed by atoms with Crippen LogP contribution in [-0.2, 0) is 0 Å².